The van der Waals surface area contributed by atoms with Crippen LogP contribution >= 0.6 is 0 Å². The van der Waals surface area contributed by atoms with E-state index in [1.54, 1.807) is 31.0 Å². The molecule has 0 aliphatic rings. The number of hydrogen-bond donors (Lipinski definition) is 2. The lowest BCUT2D eigenvalue weighted by Crippen LogP contribution is -2.29. The smallest absolute Gasteiger partial charge is 0.253 e. The van der Waals surface area contributed by atoms with Crippen LogP contribution in [0.25, 0.3) is 0 Å². The predicted molar refractivity (Wildman–Crippen MR) is 78.4 cm³/mol. The van der Waals surface area contributed by atoms with Gasteiger partial charge in [0.25, 0.3) is 5.91 Å². The Labute approximate surface area is 120 Å². The highest BCUT2D eigenvalue weighted by molar-refractivity contribution is 5.94. The molecule has 1 aromatic carbocycles. The van der Waals surface area contributed by atoms with E-state index in [2.05, 4.69) is 11.8 Å². The topological polar surface area (TPSA) is 60.8 Å². The first kappa shape index (κ1) is 16.2. The highest BCUT2D eigenvalue weighted by Crippen LogP contribution is 2.12. The van der Waals surface area contributed by atoms with Gasteiger partial charge in [0.05, 0.1) is 6.10 Å². The highest BCUT2D eigenvalue weighted by Gasteiger charge is 2.13. The summed E-state index contributed by atoms with van der Waals surface area (Å²) in [5.74, 6) is 5.33. The summed E-state index contributed by atoms with van der Waals surface area (Å²) in [6.07, 6.45) is 0.125. The maximum atomic E-state index is 12.2. The van der Waals surface area contributed by atoms with Crippen molar-refractivity contribution in [2.45, 2.75) is 26.4 Å². The molecule has 0 saturated heterocycles. The second kappa shape index (κ2) is 7.68. The molecule has 1 aromatic rings. The van der Waals surface area contributed by atoms with E-state index in [1.807, 2.05) is 13.0 Å². The largest absolute Gasteiger partial charge is 0.393 e. The number of aryl methyl sites for hydroxylation is 1. The minimum atomic E-state index is -0.422. The first-order valence-corrected chi connectivity index (χ1v) is 6.59. The summed E-state index contributed by atoms with van der Waals surface area (Å²) in [5.41, 5.74) is 2.27. The number of amides is 1. The standard InChI is InChI=1S/C16H21NO3/c1-12-6-7-15(11-14(12)5-4-10-18)16(20)17(3)9-8-13(2)19/h6-7,11,13,18-19H,8-10H2,1-3H3. The fourth-order valence-electron chi connectivity index (χ4n) is 1.73. The fraction of sp³-hybridized carbons (Fsp3) is 0.438. The van der Waals surface area contributed by atoms with Gasteiger partial charge in [-0.05, 0) is 38.0 Å². The van der Waals surface area contributed by atoms with Gasteiger partial charge in [-0.2, -0.15) is 0 Å². The highest BCUT2D eigenvalue weighted by atomic mass is 16.3. The van der Waals surface area contributed by atoms with Crippen molar-refractivity contribution < 1.29 is 15.0 Å². The summed E-state index contributed by atoms with van der Waals surface area (Å²) < 4.78 is 0. The Morgan fingerprint density at radius 3 is 2.75 bits per heavy atom. The summed E-state index contributed by atoms with van der Waals surface area (Å²) in [4.78, 5) is 13.8. The van der Waals surface area contributed by atoms with E-state index in [0.29, 0.717) is 18.5 Å². The molecule has 0 heterocycles. The van der Waals surface area contributed by atoms with Crippen molar-refractivity contribution in [2.75, 3.05) is 20.2 Å². The molecule has 0 radical (unpaired) electrons. The van der Waals surface area contributed by atoms with Gasteiger partial charge in [0, 0.05) is 24.7 Å². The Morgan fingerprint density at radius 1 is 1.45 bits per heavy atom. The van der Waals surface area contributed by atoms with Crippen molar-refractivity contribution in [1.82, 2.24) is 4.90 Å². The normalized spacial score (nSPS) is 11.4. The number of benzene rings is 1. The molecule has 4 heteroatoms. The molecule has 2 N–H and O–H groups in total. The van der Waals surface area contributed by atoms with E-state index in [0.717, 1.165) is 11.1 Å². The molecule has 0 saturated carbocycles. The lowest BCUT2D eigenvalue weighted by molar-refractivity contribution is 0.0769. The number of hydrogen-bond acceptors (Lipinski definition) is 3. The third-order valence-corrected chi connectivity index (χ3v) is 3.02. The molecule has 20 heavy (non-hydrogen) atoms. The van der Waals surface area contributed by atoms with Gasteiger partial charge in [-0.25, -0.2) is 0 Å². The summed E-state index contributed by atoms with van der Waals surface area (Å²) in [5, 5.41) is 18.0. The van der Waals surface area contributed by atoms with Crippen LogP contribution in [0.4, 0.5) is 0 Å². The molecule has 0 aliphatic carbocycles. The van der Waals surface area contributed by atoms with Crippen LogP contribution in [0.15, 0.2) is 18.2 Å². The SMILES string of the molecule is Cc1ccc(C(=O)N(C)CCC(C)O)cc1C#CCO. The molecule has 0 fully saturated rings. The zero-order valence-corrected chi connectivity index (χ0v) is 12.2. The van der Waals surface area contributed by atoms with Crippen LogP contribution in [0.5, 0.6) is 0 Å². The van der Waals surface area contributed by atoms with E-state index in [1.165, 1.54) is 0 Å². The third-order valence-electron chi connectivity index (χ3n) is 3.02. The average Bonchev–Trinajstić information content (AvgIpc) is 2.43. The van der Waals surface area contributed by atoms with Crippen molar-refractivity contribution in [2.24, 2.45) is 0 Å². The van der Waals surface area contributed by atoms with Gasteiger partial charge in [0.15, 0.2) is 0 Å². The molecule has 0 bridgehead atoms. The van der Waals surface area contributed by atoms with Crippen LogP contribution in [-0.4, -0.2) is 47.3 Å². The summed E-state index contributed by atoms with van der Waals surface area (Å²) in [7, 11) is 1.71. The van der Waals surface area contributed by atoms with Gasteiger partial charge >= 0.3 is 0 Å². The second-order valence-corrected chi connectivity index (χ2v) is 4.85. The van der Waals surface area contributed by atoms with Crippen LogP contribution in [0.1, 0.15) is 34.8 Å². The number of aliphatic hydroxyl groups is 2. The van der Waals surface area contributed by atoms with E-state index < -0.39 is 6.10 Å². The third kappa shape index (κ3) is 4.69. The van der Waals surface area contributed by atoms with E-state index >= 15 is 0 Å². The number of aliphatic hydroxyl groups excluding tert-OH is 2. The molecular formula is C16H21NO3. The number of carbonyl (C=O) groups excluding carboxylic acids is 1. The van der Waals surface area contributed by atoms with Gasteiger partial charge in [-0.1, -0.05) is 17.9 Å². The van der Waals surface area contributed by atoms with Crippen molar-refractivity contribution >= 4 is 5.91 Å². The molecule has 108 valence electrons. The maximum Gasteiger partial charge on any atom is 0.253 e. The van der Waals surface area contributed by atoms with E-state index in [-0.39, 0.29) is 12.5 Å². The molecule has 1 atom stereocenters. The minimum Gasteiger partial charge on any atom is -0.393 e. The summed E-state index contributed by atoms with van der Waals surface area (Å²) in [6, 6.07) is 5.34. The van der Waals surface area contributed by atoms with Crippen LogP contribution in [0, 0.1) is 18.8 Å². The average molecular weight is 275 g/mol. The zero-order valence-electron chi connectivity index (χ0n) is 12.2. The molecule has 0 aliphatic heterocycles. The van der Waals surface area contributed by atoms with Crippen molar-refractivity contribution in [3.05, 3.63) is 34.9 Å². The van der Waals surface area contributed by atoms with E-state index in [4.69, 9.17) is 5.11 Å². The maximum absolute atomic E-state index is 12.2. The molecule has 0 spiro atoms. The molecule has 1 amide bonds. The molecular weight excluding hydrogens is 254 g/mol. The van der Waals surface area contributed by atoms with Crippen LogP contribution in [0.3, 0.4) is 0 Å². The number of rotatable bonds is 4. The number of nitrogens with zero attached hydrogens (tertiary/aromatic N) is 1. The Bertz CT molecular complexity index is 526. The van der Waals surface area contributed by atoms with Crippen molar-refractivity contribution in [3.8, 4) is 11.8 Å². The monoisotopic (exact) mass is 275 g/mol. The Morgan fingerprint density at radius 2 is 2.15 bits per heavy atom. The van der Waals surface area contributed by atoms with Gasteiger partial charge in [-0.3, -0.25) is 4.79 Å². The zero-order chi connectivity index (χ0) is 15.1. The van der Waals surface area contributed by atoms with Crippen molar-refractivity contribution in [3.63, 3.8) is 0 Å². The van der Waals surface area contributed by atoms with Crippen LogP contribution < -0.4 is 0 Å². The lowest BCUT2D eigenvalue weighted by Gasteiger charge is -2.18. The Hall–Kier alpha value is -1.83. The Balaban J connectivity index is 2.88. The molecule has 4 nitrogen and oxygen atoms in total. The molecule has 1 rings (SSSR count). The predicted octanol–water partition coefficient (Wildman–Crippen LogP) is 1.18. The quantitative estimate of drug-likeness (QED) is 0.811. The molecule has 0 aromatic heterocycles. The van der Waals surface area contributed by atoms with Crippen LogP contribution in [-0.2, 0) is 0 Å². The first-order valence-electron chi connectivity index (χ1n) is 6.59. The van der Waals surface area contributed by atoms with Crippen LogP contribution in [0.2, 0.25) is 0 Å². The fourth-order valence-corrected chi connectivity index (χ4v) is 1.73. The summed E-state index contributed by atoms with van der Waals surface area (Å²) in [6.45, 7) is 3.91. The lowest BCUT2D eigenvalue weighted by atomic mass is 10.0. The molecule has 1 unspecified atom stereocenters. The van der Waals surface area contributed by atoms with Crippen molar-refractivity contribution in [1.29, 1.82) is 0 Å². The Kier molecular flexibility index (Phi) is 6.23. The van der Waals surface area contributed by atoms with Gasteiger partial charge in [0.1, 0.15) is 6.61 Å². The van der Waals surface area contributed by atoms with Gasteiger partial charge < -0.3 is 15.1 Å². The van der Waals surface area contributed by atoms with E-state index in [9.17, 15) is 9.90 Å². The number of carbonyl (C=O) groups is 1. The van der Waals surface area contributed by atoms with Gasteiger partial charge in [-0.15, -0.1) is 0 Å². The first-order chi connectivity index (χ1) is 9.45. The van der Waals surface area contributed by atoms with Gasteiger partial charge in [0.2, 0.25) is 0 Å². The summed E-state index contributed by atoms with van der Waals surface area (Å²) >= 11 is 0. The minimum absolute atomic E-state index is 0.0994. The second-order valence-electron chi connectivity index (χ2n) is 4.85.